The zero-order valence-electron chi connectivity index (χ0n) is 12.3. The molecule has 3 unspecified atom stereocenters. The number of carbonyl (C=O) groups is 1. The standard InChI is InChI=1S/C18H20O2/c1-9-14(19)5-4-13-15(9)11(3)18-7-6-12(8-18)17(20)10(2)16(13)18/h4-5,11-12,19H,6-8H2,1-3H3. The summed E-state index contributed by atoms with van der Waals surface area (Å²) in [5, 5.41) is 10.0. The van der Waals surface area contributed by atoms with E-state index >= 15 is 0 Å². The molecule has 4 rings (SSSR count). The van der Waals surface area contributed by atoms with Crippen LogP contribution >= 0.6 is 0 Å². The number of rotatable bonds is 0. The van der Waals surface area contributed by atoms with Gasteiger partial charge in [0.2, 0.25) is 0 Å². The first kappa shape index (κ1) is 12.2. The highest BCUT2D eigenvalue weighted by Crippen LogP contribution is 2.68. The molecule has 3 aliphatic rings. The molecule has 20 heavy (non-hydrogen) atoms. The van der Waals surface area contributed by atoms with Gasteiger partial charge in [0.1, 0.15) is 5.75 Å². The molecule has 1 N–H and O–H groups in total. The van der Waals surface area contributed by atoms with Gasteiger partial charge in [0.15, 0.2) is 5.78 Å². The van der Waals surface area contributed by atoms with Crippen LogP contribution in [0.2, 0.25) is 0 Å². The summed E-state index contributed by atoms with van der Waals surface area (Å²) in [7, 11) is 0. The first-order chi connectivity index (χ1) is 9.47. The summed E-state index contributed by atoms with van der Waals surface area (Å²) < 4.78 is 0. The van der Waals surface area contributed by atoms with Gasteiger partial charge in [0.05, 0.1) is 0 Å². The number of phenolic OH excluding ortho intramolecular Hbond substituents is 1. The first-order valence-corrected chi connectivity index (χ1v) is 7.56. The SMILES string of the molecule is CC1=C2c3ccc(O)c(C)c3C(C)C23CCC(C3)C1=O. The van der Waals surface area contributed by atoms with Crippen molar-refractivity contribution in [1.82, 2.24) is 0 Å². The van der Waals surface area contributed by atoms with Gasteiger partial charge >= 0.3 is 0 Å². The maximum absolute atomic E-state index is 12.5. The molecular weight excluding hydrogens is 248 g/mol. The molecule has 1 fully saturated rings. The van der Waals surface area contributed by atoms with E-state index in [2.05, 4.69) is 6.92 Å². The Morgan fingerprint density at radius 3 is 2.80 bits per heavy atom. The fourth-order valence-electron chi connectivity index (χ4n) is 5.18. The molecule has 1 saturated carbocycles. The third-order valence-electron chi connectivity index (χ3n) is 6.18. The molecule has 1 aromatic rings. The average Bonchev–Trinajstić information content (AvgIpc) is 2.93. The summed E-state index contributed by atoms with van der Waals surface area (Å²) in [4.78, 5) is 12.5. The van der Waals surface area contributed by atoms with Gasteiger partial charge in [-0.25, -0.2) is 0 Å². The molecule has 0 aromatic heterocycles. The number of hydrogen-bond donors (Lipinski definition) is 1. The Balaban J connectivity index is 2.08. The molecule has 0 heterocycles. The Morgan fingerprint density at radius 1 is 1.30 bits per heavy atom. The minimum atomic E-state index is 0.156. The Labute approximate surface area is 119 Å². The van der Waals surface area contributed by atoms with Crippen molar-refractivity contribution in [3.8, 4) is 5.75 Å². The van der Waals surface area contributed by atoms with Crippen LogP contribution in [0.4, 0.5) is 0 Å². The van der Waals surface area contributed by atoms with Gasteiger partial charge < -0.3 is 5.11 Å². The summed E-state index contributed by atoms with van der Waals surface area (Å²) in [6.07, 6.45) is 3.16. The predicted molar refractivity (Wildman–Crippen MR) is 78.6 cm³/mol. The highest BCUT2D eigenvalue weighted by molar-refractivity contribution is 6.08. The van der Waals surface area contributed by atoms with Crippen LogP contribution in [-0.4, -0.2) is 10.9 Å². The van der Waals surface area contributed by atoms with Crippen LogP contribution in [0, 0.1) is 18.3 Å². The number of fused-ring (bicyclic) bond motifs is 3. The van der Waals surface area contributed by atoms with Crippen LogP contribution < -0.4 is 0 Å². The number of aromatic hydroxyl groups is 1. The normalized spacial score (nSPS) is 34.5. The van der Waals surface area contributed by atoms with E-state index in [4.69, 9.17) is 0 Å². The van der Waals surface area contributed by atoms with Crippen LogP contribution in [0.3, 0.4) is 0 Å². The zero-order chi connectivity index (χ0) is 14.2. The molecule has 0 amide bonds. The quantitative estimate of drug-likeness (QED) is 0.773. The first-order valence-electron chi connectivity index (χ1n) is 7.56. The molecule has 0 radical (unpaired) electrons. The molecule has 2 bridgehead atoms. The van der Waals surface area contributed by atoms with E-state index < -0.39 is 0 Å². The lowest BCUT2D eigenvalue weighted by Gasteiger charge is -2.35. The van der Waals surface area contributed by atoms with E-state index in [0.717, 1.165) is 30.4 Å². The highest BCUT2D eigenvalue weighted by Gasteiger charge is 2.57. The fourth-order valence-corrected chi connectivity index (χ4v) is 5.18. The predicted octanol–water partition coefficient (Wildman–Crippen LogP) is 3.96. The van der Waals surface area contributed by atoms with Crippen LogP contribution in [-0.2, 0) is 4.79 Å². The summed E-state index contributed by atoms with van der Waals surface area (Å²) in [6.45, 7) is 6.29. The molecule has 3 atom stereocenters. The smallest absolute Gasteiger partial charge is 0.161 e. The van der Waals surface area contributed by atoms with Crippen molar-refractivity contribution in [2.75, 3.05) is 0 Å². The third kappa shape index (κ3) is 1.15. The lowest BCUT2D eigenvalue weighted by Crippen LogP contribution is -2.28. The van der Waals surface area contributed by atoms with Gasteiger partial charge in [-0.1, -0.05) is 13.0 Å². The summed E-state index contributed by atoms with van der Waals surface area (Å²) in [6, 6.07) is 3.80. The second-order valence-electron chi connectivity index (χ2n) is 6.85. The van der Waals surface area contributed by atoms with Gasteiger partial charge in [0.25, 0.3) is 0 Å². The zero-order valence-corrected chi connectivity index (χ0v) is 12.3. The number of hydrogen-bond acceptors (Lipinski definition) is 2. The van der Waals surface area contributed by atoms with Crippen LogP contribution in [0.25, 0.3) is 5.57 Å². The minimum Gasteiger partial charge on any atom is -0.508 e. The van der Waals surface area contributed by atoms with Gasteiger partial charge in [0, 0.05) is 11.3 Å². The van der Waals surface area contributed by atoms with Crippen LogP contribution in [0.15, 0.2) is 17.7 Å². The van der Waals surface area contributed by atoms with E-state index in [1.807, 2.05) is 19.9 Å². The second-order valence-corrected chi connectivity index (χ2v) is 6.85. The van der Waals surface area contributed by atoms with E-state index in [-0.39, 0.29) is 11.3 Å². The average molecular weight is 268 g/mol. The minimum absolute atomic E-state index is 0.156. The summed E-state index contributed by atoms with van der Waals surface area (Å²) in [5.41, 5.74) is 5.92. The van der Waals surface area contributed by atoms with E-state index in [1.54, 1.807) is 6.07 Å². The van der Waals surface area contributed by atoms with Gasteiger partial charge in [-0.05, 0) is 72.9 Å². The largest absolute Gasteiger partial charge is 0.508 e. The molecule has 1 aromatic carbocycles. The molecule has 0 saturated heterocycles. The monoisotopic (exact) mass is 268 g/mol. The van der Waals surface area contributed by atoms with Crippen molar-refractivity contribution in [2.45, 2.75) is 46.0 Å². The molecule has 1 spiro atoms. The molecule has 0 aliphatic heterocycles. The molecule has 2 nitrogen and oxygen atoms in total. The van der Waals surface area contributed by atoms with Crippen molar-refractivity contribution in [3.05, 3.63) is 34.4 Å². The van der Waals surface area contributed by atoms with Crippen molar-refractivity contribution in [2.24, 2.45) is 11.3 Å². The van der Waals surface area contributed by atoms with Crippen molar-refractivity contribution in [3.63, 3.8) is 0 Å². The van der Waals surface area contributed by atoms with Gasteiger partial charge in [-0.15, -0.1) is 0 Å². The lowest BCUT2D eigenvalue weighted by molar-refractivity contribution is -0.119. The van der Waals surface area contributed by atoms with Gasteiger partial charge in [-0.3, -0.25) is 4.79 Å². The molecular formula is C18H20O2. The van der Waals surface area contributed by atoms with E-state index in [1.165, 1.54) is 16.7 Å². The highest BCUT2D eigenvalue weighted by atomic mass is 16.3. The molecule has 3 aliphatic carbocycles. The number of allylic oxidation sites excluding steroid dienone is 2. The van der Waals surface area contributed by atoms with Crippen LogP contribution in [0.1, 0.15) is 55.7 Å². The van der Waals surface area contributed by atoms with Crippen molar-refractivity contribution < 1.29 is 9.90 Å². The number of Topliss-reactive ketones (excluding diaryl/α,β-unsaturated/α-hetero) is 1. The van der Waals surface area contributed by atoms with Gasteiger partial charge in [-0.2, -0.15) is 0 Å². The Bertz CT molecular complexity index is 683. The fraction of sp³-hybridized carbons (Fsp3) is 0.500. The molecule has 104 valence electrons. The number of benzene rings is 1. The topological polar surface area (TPSA) is 37.3 Å². The maximum Gasteiger partial charge on any atom is 0.161 e. The Hall–Kier alpha value is -1.57. The summed E-state index contributed by atoms with van der Waals surface area (Å²) in [5.74, 6) is 1.39. The Kier molecular flexibility index (Phi) is 2.16. The van der Waals surface area contributed by atoms with E-state index in [9.17, 15) is 9.90 Å². The molecule has 2 heteroatoms. The third-order valence-corrected chi connectivity index (χ3v) is 6.18. The number of ketones is 1. The Morgan fingerprint density at radius 2 is 2.05 bits per heavy atom. The van der Waals surface area contributed by atoms with Crippen molar-refractivity contribution in [1.29, 1.82) is 0 Å². The number of carbonyl (C=O) groups excluding carboxylic acids is 1. The maximum atomic E-state index is 12.5. The second kappa shape index (κ2) is 3.55. The van der Waals surface area contributed by atoms with E-state index in [0.29, 0.717) is 17.5 Å². The van der Waals surface area contributed by atoms with Crippen molar-refractivity contribution >= 4 is 11.4 Å². The summed E-state index contributed by atoms with van der Waals surface area (Å²) >= 11 is 0. The van der Waals surface area contributed by atoms with Crippen LogP contribution in [0.5, 0.6) is 5.75 Å². The number of phenols is 1. The lowest BCUT2D eigenvalue weighted by atomic mass is 9.67.